The number of hydrogen-bond acceptors (Lipinski definition) is 6. The lowest BCUT2D eigenvalue weighted by molar-refractivity contribution is -0.137. The number of nitrogens with zero attached hydrogens (tertiary/aromatic N) is 3. The fourth-order valence-electron chi connectivity index (χ4n) is 1.94. The van der Waals surface area contributed by atoms with Gasteiger partial charge >= 0.3 is 6.18 Å². The summed E-state index contributed by atoms with van der Waals surface area (Å²) in [5.74, 6) is 2.03. The monoisotopic (exact) mass is 335 g/mol. The molecule has 0 unspecified atom stereocenters. The minimum absolute atomic E-state index is 0.424. The predicted octanol–water partition coefficient (Wildman–Crippen LogP) is 4.28. The summed E-state index contributed by atoms with van der Waals surface area (Å²) < 4.78 is 42.6. The molecule has 0 aliphatic rings. The molecule has 2 N–H and O–H groups in total. The van der Waals surface area contributed by atoms with Crippen molar-refractivity contribution in [3.05, 3.63) is 54.0 Å². The van der Waals surface area contributed by atoms with Crippen LogP contribution >= 0.6 is 0 Å². The average Bonchev–Trinajstić information content (AvgIpc) is 2.92. The first-order valence-electron chi connectivity index (χ1n) is 6.87. The van der Waals surface area contributed by atoms with Crippen LogP contribution in [-0.4, -0.2) is 15.1 Å². The number of anilines is 4. The number of alkyl halides is 3. The summed E-state index contributed by atoms with van der Waals surface area (Å²) in [7, 11) is 0. The lowest BCUT2D eigenvalue weighted by Crippen LogP contribution is -2.04. The van der Waals surface area contributed by atoms with Gasteiger partial charge in [-0.05, 0) is 31.2 Å². The molecule has 6 nitrogen and oxygen atoms in total. The maximum atomic E-state index is 12.5. The molecule has 0 saturated carbocycles. The van der Waals surface area contributed by atoms with Crippen molar-refractivity contribution in [2.24, 2.45) is 0 Å². The summed E-state index contributed by atoms with van der Waals surface area (Å²) in [4.78, 5) is 8.06. The smallest absolute Gasteiger partial charge is 0.360 e. The Hall–Kier alpha value is -3.10. The van der Waals surface area contributed by atoms with Crippen molar-refractivity contribution in [3.63, 3.8) is 0 Å². The molecule has 0 aliphatic heterocycles. The number of hydrogen-bond donors (Lipinski definition) is 2. The first-order chi connectivity index (χ1) is 11.4. The van der Waals surface area contributed by atoms with E-state index in [1.807, 2.05) is 0 Å². The van der Waals surface area contributed by atoms with Gasteiger partial charge in [0.05, 0.1) is 5.56 Å². The molecule has 0 amide bonds. The van der Waals surface area contributed by atoms with Crippen molar-refractivity contribution in [3.8, 4) is 0 Å². The van der Waals surface area contributed by atoms with Crippen LogP contribution in [0.3, 0.4) is 0 Å². The van der Waals surface area contributed by atoms with Crippen LogP contribution in [0.25, 0.3) is 0 Å². The van der Waals surface area contributed by atoms with Crippen LogP contribution in [0.2, 0.25) is 0 Å². The summed E-state index contributed by atoms with van der Waals surface area (Å²) in [6.07, 6.45) is -3.04. The third kappa shape index (κ3) is 3.80. The van der Waals surface area contributed by atoms with E-state index >= 15 is 0 Å². The van der Waals surface area contributed by atoms with Crippen molar-refractivity contribution in [2.45, 2.75) is 13.1 Å². The quantitative estimate of drug-likeness (QED) is 0.741. The molecule has 2 aromatic heterocycles. The van der Waals surface area contributed by atoms with E-state index in [-0.39, 0.29) is 0 Å². The predicted molar refractivity (Wildman–Crippen MR) is 81.3 cm³/mol. The number of rotatable bonds is 4. The second-order valence-electron chi connectivity index (χ2n) is 4.94. The van der Waals surface area contributed by atoms with Crippen molar-refractivity contribution >= 4 is 23.1 Å². The Balaban J connectivity index is 1.72. The fraction of sp³-hybridized carbons (Fsp3) is 0.133. The first kappa shape index (κ1) is 15.8. The molecule has 0 aliphatic carbocycles. The van der Waals surface area contributed by atoms with E-state index < -0.39 is 11.7 Å². The van der Waals surface area contributed by atoms with Gasteiger partial charge in [0.2, 0.25) is 0 Å². The molecule has 0 fully saturated rings. The van der Waals surface area contributed by atoms with E-state index in [0.29, 0.717) is 28.9 Å². The maximum Gasteiger partial charge on any atom is 0.416 e. The van der Waals surface area contributed by atoms with Crippen LogP contribution < -0.4 is 10.6 Å². The van der Waals surface area contributed by atoms with Crippen LogP contribution in [0.4, 0.5) is 36.3 Å². The van der Waals surface area contributed by atoms with Gasteiger partial charge in [-0.1, -0.05) is 5.16 Å². The molecule has 0 spiro atoms. The summed E-state index contributed by atoms with van der Waals surface area (Å²) in [5, 5.41) is 9.63. The number of aryl methyl sites for hydroxylation is 1. The summed E-state index contributed by atoms with van der Waals surface area (Å²) >= 11 is 0. The van der Waals surface area contributed by atoms with Crippen molar-refractivity contribution < 1.29 is 17.7 Å². The lowest BCUT2D eigenvalue weighted by Gasteiger charge is -2.09. The van der Waals surface area contributed by atoms with Gasteiger partial charge in [-0.3, -0.25) is 0 Å². The number of nitrogens with one attached hydrogen (secondary N) is 2. The topological polar surface area (TPSA) is 75.9 Å². The van der Waals surface area contributed by atoms with Gasteiger partial charge in [-0.25, -0.2) is 9.97 Å². The van der Waals surface area contributed by atoms with Gasteiger partial charge in [-0.15, -0.1) is 0 Å². The second kappa shape index (κ2) is 6.19. The molecule has 0 saturated heterocycles. The highest BCUT2D eigenvalue weighted by Crippen LogP contribution is 2.30. The van der Waals surface area contributed by atoms with Gasteiger partial charge < -0.3 is 15.2 Å². The largest absolute Gasteiger partial charge is 0.416 e. The van der Waals surface area contributed by atoms with Crippen LogP contribution in [-0.2, 0) is 6.18 Å². The zero-order valence-electron chi connectivity index (χ0n) is 12.4. The van der Waals surface area contributed by atoms with Crippen LogP contribution in [0.1, 0.15) is 11.3 Å². The fourth-order valence-corrected chi connectivity index (χ4v) is 1.94. The molecule has 24 heavy (non-hydrogen) atoms. The zero-order valence-corrected chi connectivity index (χ0v) is 12.4. The Morgan fingerprint density at radius 3 is 2.17 bits per heavy atom. The molecule has 3 aromatic rings. The molecule has 2 heterocycles. The van der Waals surface area contributed by atoms with Gasteiger partial charge in [0, 0.05) is 17.8 Å². The Kier molecular flexibility index (Phi) is 4.07. The molecule has 3 rings (SSSR count). The number of benzene rings is 1. The summed E-state index contributed by atoms with van der Waals surface area (Å²) in [6, 6.07) is 7.96. The van der Waals surface area contributed by atoms with Crippen molar-refractivity contribution in [1.82, 2.24) is 15.1 Å². The van der Waals surface area contributed by atoms with E-state index in [4.69, 9.17) is 4.52 Å². The Morgan fingerprint density at radius 2 is 1.58 bits per heavy atom. The maximum absolute atomic E-state index is 12.5. The number of halogens is 3. The molecule has 0 bridgehead atoms. The normalized spacial score (nSPS) is 11.3. The number of aromatic nitrogens is 3. The molecule has 0 radical (unpaired) electrons. The van der Waals surface area contributed by atoms with Crippen molar-refractivity contribution in [2.75, 3.05) is 10.6 Å². The third-order valence-corrected chi connectivity index (χ3v) is 3.04. The Bertz CT molecular complexity index is 830. The Labute approximate surface area is 134 Å². The minimum atomic E-state index is -4.36. The molecular formula is C15H12F3N5O. The van der Waals surface area contributed by atoms with E-state index in [1.165, 1.54) is 18.5 Å². The molecule has 124 valence electrons. The van der Waals surface area contributed by atoms with Gasteiger partial charge in [0.25, 0.3) is 0 Å². The highest BCUT2D eigenvalue weighted by molar-refractivity contribution is 5.61. The summed E-state index contributed by atoms with van der Waals surface area (Å²) in [6.45, 7) is 1.76. The highest BCUT2D eigenvalue weighted by Gasteiger charge is 2.29. The first-order valence-corrected chi connectivity index (χ1v) is 6.87. The SMILES string of the molecule is Cc1cc(Nc2cc(Nc3ccc(C(F)(F)F)cc3)ncn2)no1. The van der Waals surface area contributed by atoms with Crippen LogP contribution in [0.5, 0.6) is 0 Å². The lowest BCUT2D eigenvalue weighted by atomic mass is 10.2. The summed E-state index contributed by atoms with van der Waals surface area (Å²) in [5.41, 5.74) is -0.232. The van der Waals surface area contributed by atoms with Crippen LogP contribution in [0, 0.1) is 6.92 Å². The highest BCUT2D eigenvalue weighted by atomic mass is 19.4. The van der Waals surface area contributed by atoms with E-state index in [9.17, 15) is 13.2 Å². The molecule has 9 heteroatoms. The van der Waals surface area contributed by atoms with E-state index in [2.05, 4.69) is 25.8 Å². The van der Waals surface area contributed by atoms with Gasteiger partial charge in [0.1, 0.15) is 23.7 Å². The Morgan fingerprint density at radius 1 is 0.917 bits per heavy atom. The second-order valence-corrected chi connectivity index (χ2v) is 4.94. The minimum Gasteiger partial charge on any atom is -0.360 e. The van der Waals surface area contributed by atoms with E-state index in [1.54, 1.807) is 19.1 Å². The van der Waals surface area contributed by atoms with Gasteiger partial charge in [-0.2, -0.15) is 13.2 Å². The van der Waals surface area contributed by atoms with Crippen molar-refractivity contribution in [1.29, 1.82) is 0 Å². The molecular weight excluding hydrogens is 323 g/mol. The zero-order chi connectivity index (χ0) is 17.2. The molecule has 1 aromatic carbocycles. The average molecular weight is 335 g/mol. The molecule has 0 atom stereocenters. The van der Waals surface area contributed by atoms with Crippen LogP contribution in [0.15, 0.2) is 47.2 Å². The standard InChI is InChI=1S/C15H12F3N5O/c1-9-6-14(23-24-9)22-13-7-12(19-8-20-13)21-11-4-2-10(3-5-11)15(16,17)18/h2-8H,1H3,(H2,19,20,21,22,23). The van der Waals surface area contributed by atoms with E-state index in [0.717, 1.165) is 12.1 Å². The van der Waals surface area contributed by atoms with Gasteiger partial charge in [0.15, 0.2) is 5.82 Å². The third-order valence-electron chi connectivity index (χ3n) is 3.04.